The number of esters is 1. The Bertz CT molecular complexity index is 671. The third-order valence-corrected chi connectivity index (χ3v) is 5.95. The lowest BCUT2D eigenvalue weighted by Crippen LogP contribution is -2.52. The summed E-state index contributed by atoms with van der Waals surface area (Å²) in [4.78, 5) is 13.5. The molecule has 8 heteroatoms. The van der Waals surface area contributed by atoms with Crippen molar-refractivity contribution in [2.24, 2.45) is 0 Å². The van der Waals surface area contributed by atoms with E-state index in [-0.39, 0.29) is 30.0 Å². The first-order valence-electron chi connectivity index (χ1n) is 7.15. The minimum atomic E-state index is -3.69. The second-order valence-corrected chi connectivity index (χ2v) is 7.31. The summed E-state index contributed by atoms with van der Waals surface area (Å²) in [6.45, 7) is 1.92. The highest BCUT2D eigenvalue weighted by atomic mass is 32.2. The van der Waals surface area contributed by atoms with Crippen LogP contribution in [-0.4, -0.2) is 62.4 Å². The highest BCUT2D eigenvalue weighted by molar-refractivity contribution is 7.89. The summed E-state index contributed by atoms with van der Waals surface area (Å²) in [5.74, 6) is -0.810. The molecule has 0 saturated carbocycles. The maximum absolute atomic E-state index is 13.2. The normalized spacial score (nSPS) is 24.4. The highest BCUT2D eigenvalue weighted by Crippen LogP contribution is 2.21. The van der Waals surface area contributed by atoms with E-state index in [1.54, 1.807) is 0 Å². The molecule has 1 aromatic rings. The Morgan fingerprint density at radius 3 is 2.50 bits per heavy atom. The zero-order valence-corrected chi connectivity index (χ0v) is 12.8. The van der Waals surface area contributed by atoms with Gasteiger partial charge in [-0.25, -0.2) is 12.8 Å². The van der Waals surface area contributed by atoms with Gasteiger partial charge in [-0.3, -0.25) is 9.69 Å². The molecule has 2 aliphatic heterocycles. The van der Waals surface area contributed by atoms with Crippen LogP contribution in [0.3, 0.4) is 0 Å². The number of sulfonamides is 1. The molecule has 2 heterocycles. The average Bonchev–Trinajstić information content (AvgIpc) is 2.93. The Balaban J connectivity index is 1.69. The molecule has 0 amide bonds. The minimum Gasteiger partial charge on any atom is -0.464 e. The fraction of sp³-hybridized carbons (Fsp3) is 0.500. The number of halogens is 1. The lowest BCUT2D eigenvalue weighted by Gasteiger charge is -2.35. The zero-order valence-electron chi connectivity index (χ0n) is 11.9. The molecule has 2 saturated heterocycles. The largest absolute Gasteiger partial charge is 0.464 e. The van der Waals surface area contributed by atoms with Crippen molar-refractivity contribution < 1.29 is 22.3 Å². The van der Waals surface area contributed by atoms with E-state index in [1.807, 2.05) is 4.90 Å². The predicted octanol–water partition coefficient (Wildman–Crippen LogP) is 0.447. The topological polar surface area (TPSA) is 66.9 Å². The van der Waals surface area contributed by atoms with E-state index in [4.69, 9.17) is 4.74 Å². The Labute approximate surface area is 128 Å². The monoisotopic (exact) mass is 328 g/mol. The molecule has 6 nitrogen and oxygen atoms in total. The molecule has 3 rings (SSSR count). The van der Waals surface area contributed by atoms with Gasteiger partial charge in [-0.15, -0.1) is 0 Å². The van der Waals surface area contributed by atoms with Crippen LogP contribution >= 0.6 is 0 Å². The van der Waals surface area contributed by atoms with Gasteiger partial charge < -0.3 is 4.74 Å². The smallest absolute Gasteiger partial charge is 0.323 e. The van der Waals surface area contributed by atoms with Gasteiger partial charge in [0.25, 0.3) is 0 Å². The SMILES string of the molecule is O=C1OCC[C@H]1N1CCN(S(=O)(=O)c2cccc(F)c2)CC1. The molecule has 1 atom stereocenters. The number of nitrogens with zero attached hydrogens (tertiary/aromatic N) is 2. The summed E-state index contributed by atoms with van der Waals surface area (Å²) in [5.41, 5.74) is 0. The molecule has 0 unspecified atom stereocenters. The molecule has 22 heavy (non-hydrogen) atoms. The standard InChI is InChI=1S/C14H17FN2O4S/c15-11-2-1-3-12(10-11)22(19,20)17-7-5-16(6-8-17)13-4-9-21-14(13)18/h1-3,10,13H,4-9H2/t13-/m1/s1. The molecule has 1 aromatic carbocycles. The van der Waals surface area contributed by atoms with E-state index >= 15 is 0 Å². The van der Waals surface area contributed by atoms with E-state index < -0.39 is 15.8 Å². The van der Waals surface area contributed by atoms with Crippen LogP contribution in [0.5, 0.6) is 0 Å². The van der Waals surface area contributed by atoms with Crippen LogP contribution in [0, 0.1) is 5.82 Å². The summed E-state index contributed by atoms with van der Waals surface area (Å²) >= 11 is 0. The number of hydrogen-bond acceptors (Lipinski definition) is 5. The van der Waals surface area contributed by atoms with Crippen molar-refractivity contribution in [3.05, 3.63) is 30.1 Å². The van der Waals surface area contributed by atoms with Crippen molar-refractivity contribution in [3.8, 4) is 0 Å². The third kappa shape index (κ3) is 2.86. The van der Waals surface area contributed by atoms with Crippen LogP contribution < -0.4 is 0 Å². The minimum absolute atomic E-state index is 0.0405. The summed E-state index contributed by atoms with van der Waals surface area (Å²) in [7, 11) is -3.69. The van der Waals surface area contributed by atoms with Crippen molar-refractivity contribution >= 4 is 16.0 Å². The highest BCUT2D eigenvalue weighted by Gasteiger charge is 2.36. The van der Waals surface area contributed by atoms with Gasteiger partial charge in [0, 0.05) is 32.6 Å². The fourth-order valence-electron chi connectivity index (χ4n) is 2.85. The van der Waals surface area contributed by atoms with E-state index in [0.717, 1.165) is 6.07 Å². The molecule has 0 aromatic heterocycles. The van der Waals surface area contributed by atoms with E-state index in [2.05, 4.69) is 0 Å². The van der Waals surface area contributed by atoms with Crippen molar-refractivity contribution in [2.75, 3.05) is 32.8 Å². The van der Waals surface area contributed by atoms with Crippen LogP contribution in [0.25, 0.3) is 0 Å². The van der Waals surface area contributed by atoms with Gasteiger partial charge in [0.2, 0.25) is 10.0 Å². The number of hydrogen-bond donors (Lipinski definition) is 0. The molecule has 0 N–H and O–H groups in total. The molecule has 0 bridgehead atoms. The van der Waals surface area contributed by atoms with E-state index in [9.17, 15) is 17.6 Å². The second kappa shape index (κ2) is 5.94. The van der Waals surface area contributed by atoms with Gasteiger partial charge in [-0.2, -0.15) is 4.31 Å². The zero-order chi connectivity index (χ0) is 15.7. The third-order valence-electron chi connectivity index (χ3n) is 4.06. The van der Waals surface area contributed by atoms with Gasteiger partial charge in [0.1, 0.15) is 11.9 Å². The number of cyclic esters (lactones) is 1. The number of piperazine rings is 1. The van der Waals surface area contributed by atoms with Gasteiger partial charge in [0.05, 0.1) is 11.5 Å². The molecule has 0 spiro atoms. The van der Waals surface area contributed by atoms with Crippen molar-refractivity contribution in [3.63, 3.8) is 0 Å². The number of benzene rings is 1. The Kier molecular flexibility index (Phi) is 4.16. The van der Waals surface area contributed by atoms with Crippen LogP contribution in [0.1, 0.15) is 6.42 Å². The fourth-order valence-corrected chi connectivity index (χ4v) is 4.30. The summed E-state index contributed by atoms with van der Waals surface area (Å²) < 4.78 is 44.5. The molecule has 120 valence electrons. The first-order chi connectivity index (χ1) is 10.5. The summed E-state index contributed by atoms with van der Waals surface area (Å²) in [5, 5.41) is 0. The van der Waals surface area contributed by atoms with Crippen molar-refractivity contribution in [1.82, 2.24) is 9.21 Å². The maximum atomic E-state index is 13.2. The Morgan fingerprint density at radius 1 is 1.18 bits per heavy atom. The van der Waals surface area contributed by atoms with Crippen LogP contribution in [0.2, 0.25) is 0 Å². The molecule has 2 aliphatic rings. The molecule has 0 aliphatic carbocycles. The van der Waals surface area contributed by atoms with Crippen LogP contribution in [0.15, 0.2) is 29.2 Å². The van der Waals surface area contributed by atoms with Gasteiger partial charge in [-0.1, -0.05) is 6.07 Å². The number of carbonyl (C=O) groups is 1. The van der Waals surface area contributed by atoms with E-state index in [1.165, 1.54) is 22.5 Å². The van der Waals surface area contributed by atoms with Gasteiger partial charge >= 0.3 is 5.97 Å². The number of carbonyl (C=O) groups excluding carboxylic acids is 1. The van der Waals surface area contributed by atoms with Crippen molar-refractivity contribution in [1.29, 1.82) is 0 Å². The maximum Gasteiger partial charge on any atom is 0.323 e. The average molecular weight is 328 g/mol. The van der Waals surface area contributed by atoms with Crippen LogP contribution in [0.4, 0.5) is 4.39 Å². The predicted molar refractivity (Wildman–Crippen MR) is 76.1 cm³/mol. The molecule has 2 fully saturated rings. The lowest BCUT2D eigenvalue weighted by atomic mass is 10.2. The first-order valence-corrected chi connectivity index (χ1v) is 8.59. The van der Waals surface area contributed by atoms with Crippen LogP contribution in [-0.2, 0) is 19.6 Å². The lowest BCUT2D eigenvalue weighted by molar-refractivity contribution is -0.142. The second-order valence-electron chi connectivity index (χ2n) is 5.37. The van der Waals surface area contributed by atoms with Crippen molar-refractivity contribution in [2.45, 2.75) is 17.4 Å². The summed E-state index contributed by atoms with van der Waals surface area (Å²) in [6, 6.07) is 4.74. The van der Waals surface area contributed by atoms with Gasteiger partial charge in [-0.05, 0) is 18.2 Å². The molecular formula is C14H17FN2O4S. The Morgan fingerprint density at radius 2 is 1.91 bits per heavy atom. The molecule has 0 radical (unpaired) electrons. The first kappa shape index (κ1) is 15.4. The van der Waals surface area contributed by atoms with Gasteiger partial charge in [0.15, 0.2) is 0 Å². The number of rotatable bonds is 3. The Hall–Kier alpha value is -1.51. The quantitative estimate of drug-likeness (QED) is 0.754. The number of ether oxygens (including phenoxy) is 1. The van der Waals surface area contributed by atoms with E-state index in [0.29, 0.717) is 26.1 Å². The summed E-state index contributed by atoms with van der Waals surface area (Å²) in [6.07, 6.45) is 0.648. The molecular weight excluding hydrogens is 311 g/mol.